The van der Waals surface area contributed by atoms with Crippen LogP contribution in [0.1, 0.15) is 86.3 Å². The van der Waals surface area contributed by atoms with Crippen LogP contribution in [0.3, 0.4) is 0 Å². The number of halogens is 1. The number of aromatic nitrogens is 2. The van der Waals surface area contributed by atoms with Gasteiger partial charge in [-0.25, -0.2) is 4.39 Å². The van der Waals surface area contributed by atoms with E-state index in [-0.39, 0.29) is 40.3 Å². The number of benzene rings is 2. The second kappa shape index (κ2) is 15.4. The molecule has 2 aromatic carbocycles. The summed E-state index contributed by atoms with van der Waals surface area (Å²) in [5.74, 6) is -0.149. The zero-order valence-electron chi connectivity index (χ0n) is 31.2. The van der Waals surface area contributed by atoms with Gasteiger partial charge in [0.1, 0.15) is 17.2 Å². The number of anilines is 1. The number of hydrogen-bond acceptors (Lipinski definition) is 9. The number of H-pyrrole nitrogens is 1. The first-order valence-electron chi connectivity index (χ1n) is 18.9. The van der Waals surface area contributed by atoms with Crippen LogP contribution < -0.4 is 20.1 Å². The quantitative estimate of drug-likeness (QED) is 0.152. The van der Waals surface area contributed by atoms with Gasteiger partial charge < -0.3 is 29.8 Å². The highest BCUT2D eigenvalue weighted by atomic mass is 19.1. The lowest BCUT2D eigenvalue weighted by atomic mass is 9.59. The molecule has 7 rings (SSSR count). The molecule has 1 saturated carbocycles. The number of nitrogens with zero attached hydrogens (tertiary/aromatic N) is 4. The molecule has 3 N–H and O–H groups in total. The fourth-order valence-corrected chi connectivity index (χ4v) is 8.69. The van der Waals surface area contributed by atoms with Crippen LogP contribution in [0.4, 0.5) is 10.1 Å². The van der Waals surface area contributed by atoms with Gasteiger partial charge in [-0.2, -0.15) is 4.98 Å². The first kappa shape index (κ1) is 36.7. The second-order valence-corrected chi connectivity index (χ2v) is 15.1. The Bertz CT molecular complexity index is 1950. The van der Waals surface area contributed by atoms with Crippen molar-refractivity contribution in [3.63, 3.8) is 0 Å². The highest BCUT2D eigenvalue weighted by Gasteiger charge is 2.50. The molecule has 1 atom stereocenters. The summed E-state index contributed by atoms with van der Waals surface area (Å²) in [4.78, 5) is 39.2. The van der Waals surface area contributed by atoms with Gasteiger partial charge in [-0.05, 0) is 67.2 Å². The number of ether oxygens (including phenoxy) is 3. The Kier molecular flexibility index (Phi) is 10.6. The molecule has 2 saturated heterocycles. The van der Waals surface area contributed by atoms with E-state index in [4.69, 9.17) is 19.9 Å². The Morgan fingerprint density at radius 3 is 2.55 bits per heavy atom. The maximum atomic E-state index is 14.5. The predicted octanol–water partition coefficient (Wildman–Crippen LogP) is 6.79. The van der Waals surface area contributed by atoms with E-state index in [2.05, 4.69) is 62.8 Å². The average Bonchev–Trinajstić information content (AvgIpc) is 3.51. The molecule has 1 amide bonds. The molecule has 11 nitrogen and oxygen atoms in total. The number of aromatic amines is 1. The minimum absolute atomic E-state index is 0.161. The third-order valence-electron chi connectivity index (χ3n) is 11.6. The number of piperidine rings is 1. The molecular weight excluding hydrogens is 675 g/mol. The molecular formula is C41H51FN6O5. The molecule has 0 unspecified atom stereocenters. The number of nitrogens with two attached hydrogens (primary N) is 1. The third kappa shape index (κ3) is 7.57. The zero-order chi connectivity index (χ0) is 37.3. The number of rotatable bonds is 12. The van der Waals surface area contributed by atoms with Crippen LogP contribution in [0.5, 0.6) is 17.4 Å². The summed E-state index contributed by atoms with van der Waals surface area (Å²) >= 11 is 0. The van der Waals surface area contributed by atoms with Crippen molar-refractivity contribution >= 4 is 28.6 Å². The van der Waals surface area contributed by atoms with Gasteiger partial charge in [0.15, 0.2) is 5.75 Å². The van der Waals surface area contributed by atoms with Crippen LogP contribution >= 0.6 is 0 Å². The largest absolute Gasteiger partial charge is 0.475 e. The number of hydrogen-bond donors (Lipinski definition) is 2. The van der Waals surface area contributed by atoms with Crippen molar-refractivity contribution in [1.82, 2.24) is 19.8 Å². The Labute approximate surface area is 310 Å². The lowest BCUT2D eigenvalue weighted by molar-refractivity contribution is -0.141. The molecule has 1 spiro atoms. The van der Waals surface area contributed by atoms with Crippen molar-refractivity contribution in [2.45, 2.75) is 70.9 Å². The Morgan fingerprint density at radius 1 is 1.06 bits per heavy atom. The molecule has 0 bridgehead atoms. The summed E-state index contributed by atoms with van der Waals surface area (Å²) in [5, 5.41) is 0.260. The molecule has 3 aliphatic rings. The summed E-state index contributed by atoms with van der Waals surface area (Å²) in [6.07, 6.45) is 6.14. The van der Waals surface area contributed by atoms with E-state index < -0.39 is 11.7 Å². The van der Waals surface area contributed by atoms with Gasteiger partial charge in [0.2, 0.25) is 0 Å². The van der Waals surface area contributed by atoms with Crippen molar-refractivity contribution in [2.75, 3.05) is 57.9 Å². The normalized spacial score (nSPS) is 19.4. The number of fused-ring (bicyclic) bond motifs is 1. The second-order valence-electron chi connectivity index (χ2n) is 15.1. The molecule has 3 fully saturated rings. The summed E-state index contributed by atoms with van der Waals surface area (Å²) < 4.78 is 31.4. The number of pyridine rings is 1. The van der Waals surface area contributed by atoms with Gasteiger partial charge in [0.25, 0.3) is 11.8 Å². The van der Waals surface area contributed by atoms with Gasteiger partial charge in [-0.1, -0.05) is 38.1 Å². The Balaban J connectivity index is 1.04. The molecule has 2 aliphatic heterocycles. The summed E-state index contributed by atoms with van der Waals surface area (Å²) in [6.45, 7) is 12.0. The molecule has 4 aromatic rings. The van der Waals surface area contributed by atoms with Crippen LogP contribution in [0.25, 0.3) is 11.0 Å². The molecule has 1 aliphatic carbocycles. The molecule has 282 valence electrons. The van der Waals surface area contributed by atoms with E-state index in [1.807, 2.05) is 19.1 Å². The number of esters is 1. The minimum Gasteiger partial charge on any atom is -0.475 e. The van der Waals surface area contributed by atoms with Gasteiger partial charge >= 0.3 is 5.97 Å². The number of primary amides is 1. The summed E-state index contributed by atoms with van der Waals surface area (Å²) in [7, 11) is 1.46. The first-order chi connectivity index (χ1) is 25.6. The number of nitrogens with one attached hydrogen (secondary N) is 1. The summed E-state index contributed by atoms with van der Waals surface area (Å²) in [6, 6.07) is 16.6. The van der Waals surface area contributed by atoms with Crippen LogP contribution in [0, 0.1) is 11.2 Å². The van der Waals surface area contributed by atoms with Gasteiger partial charge in [0, 0.05) is 75.4 Å². The summed E-state index contributed by atoms with van der Waals surface area (Å²) in [5.41, 5.74) is 10.4. The van der Waals surface area contributed by atoms with Crippen LogP contribution in [-0.2, 0) is 9.53 Å². The van der Waals surface area contributed by atoms with E-state index in [9.17, 15) is 14.0 Å². The Hall–Kier alpha value is -4.68. The smallest absolute Gasteiger partial charge is 0.306 e. The maximum absolute atomic E-state index is 14.5. The van der Waals surface area contributed by atoms with E-state index in [0.717, 1.165) is 51.3 Å². The van der Waals surface area contributed by atoms with Crippen molar-refractivity contribution in [2.24, 2.45) is 11.1 Å². The van der Waals surface area contributed by atoms with E-state index in [1.54, 1.807) is 6.07 Å². The molecule has 2 aromatic heterocycles. The van der Waals surface area contributed by atoms with Gasteiger partial charge in [0.05, 0.1) is 31.1 Å². The Morgan fingerprint density at radius 2 is 1.83 bits per heavy atom. The van der Waals surface area contributed by atoms with Crippen LogP contribution in [-0.4, -0.2) is 90.7 Å². The monoisotopic (exact) mass is 726 g/mol. The number of methoxy groups -OCH3 is 1. The van der Waals surface area contributed by atoms with Crippen molar-refractivity contribution in [3.05, 3.63) is 77.2 Å². The van der Waals surface area contributed by atoms with Gasteiger partial charge in [-0.15, -0.1) is 0 Å². The topological polar surface area (TPSA) is 126 Å². The standard InChI is InChI=1S/C41H51FN6O5/c1-5-52-40-36(21-32-33(42)24-44-39(32)45-40)53-35-20-27(10-11-31(35)38(43)50)47-16-13-41(14-17-47)22-28(23-41)48-19-18-46(15-12-37(49)51-4)25-34(48)30-9-7-6-8-29(30)26(2)3/h6-11,20-21,24,26,28,34H,5,12-19,22-23,25H2,1-4H3,(H2,43,50)(H,44,45)/t34-/m0/s1. The van der Waals surface area contributed by atoms with Crippen molar-refractivity contribution in [3.8, 4) is 17.4 Å². The number of amides is 1. The van der Waals surface area contributed by atoms with E-state index in [1.165, 1.54) is 43.3 Å². The number of piperazine rings is 1. The zero-order valence-corrected chi connectivity index (χ0v) is 31.2. The molecule has 12 heteroatoms. The highest BCUT2D eigenvalue weighted by molar-refractivity contribution is 5.96. The number of carbonyl (C=O) groups is 2. The SMILES string of the molecule is CCOc1nc2[nH]cc(F)c2cc1Oc1cc(N2CCC3(CC2)CC(N2CCN(CCC(=O)OC)C[C@H]2c2ccccc2C(C)C)C3)ccc1C(N)=O. The molecule has 4 heterocycles. The van der Waals surface area contributed by atoms with Crippen LogP contribution in [0.15, 0.2) is 54.7 Å². The third-order valence-corrected chi connectivity index (χ3v) is 11.6. The first-order valence-corrected chi connectivity index (χ1v) is 18.9. The fraction of sp³-hybridized carbons (Fsp3) is 0.488. The maximum Gasteiger partial charge on any atom is 0.306 e. The highest BCUT2D eigenvalue weighted by Crippen LogP contribution is 2.53. The lowest BCUT2D eigenvalue weighted by Gasteiger charge is -2.58. The predicted molar refractivity (Wildman–Crippen MR) is 202 cm³/mol. The van der Waals surface area contributed by atoms with Gasteiger partial charge in [-0.3, -0.25) is 19.4 Å². The van der Waals surface area contributed by atoms with Crippen molar-refractivity contribution < 1.29 is 28.2 Å². The average molecular weight is 727 g/mol. The molecule has 53 heavy (non-hydrogen) atoms. The van der Waals surface area contributed by atoms with E-state index in [0.29, 0.717) is 42.6 Å². The fourth-order valence-electron chi connectivity index (χ4n) is 8.69. The number of carbonyl (C=O) groups excluding carboxylic acids is 2. The molecule has 0 radical (unpaired) electrons. The van der Waals surface area contributed by atoms with Crippen molar-refractivity contribution in [1.29, 1.82) is 0 Å². The lowest BCUT2D eigenvalue weighted by Crippen LogP contribution is -2.60. The minimum atomic E-state index is -0.622. The van der Waals surface area contributed by atoms with Crippen LogP contribution in [0.2, 0.25) is 0 Å². The van der Waals surface area contributed by atoms with E-state index >= 15 is 0 Å².